The molecule has 0 aliphatic heterocycles. The quantitative estimate of drug-likeness (QED) is 0.332. The summed E-state index contributed by atoms with van der Waals surface area (Å²) in [5.74, 6) is 1.57. The van der Waals surface area contributed by atoms with Crippen molar-refractivity contribution in [1.29, 1.82) is 0 Å². The summed E-state index contributed by atoms with van der Waals surface area (Å²) < 4.78 is 0. The number of hydrogen-bond acceptors (Lipinski definition) is 5. The van der Waals surface area contributed by atoms with E-state index in [0.717, 1.165) is 48.0 Å². The SMILES string of the molecule is CC(NC(=O)NC1CCC(Nc2nc(N(C)C)c3ccccc3n2)CC1)c1cccc2ccccc12. The van der Waals surface area contributed by atoms with E-state index >= 15 is 0 Å². The Bertz CT molecular complexity index is 1360. The Balaban J connectivity index is 1.16. The number of hydrogen-bond donors (Lipinski definition) is 3. The fourth-order valence-corrected chi connectivity index (χ4v) is 5.16. The number of nitrogens with one attached hydrogen (secondary N) is 3. The first kappa shape index (κ1) is 23.9. The van der Waals surface area contributed by atoms with E-state index in [0.29, 0.717) is 5.95 Å². The van der Waals surface area contributed by atoms with Crippen LogP contribution in [0.15, 0.2) is 66.7 Å². The Morgan fingerprint density at radius 2 is 1.53 bits per heavy atom. The molecule has 1 unspecified atom stereocenters. The first-order valence-electron chi connectivity index (χ1n) is 12.7. The Morgan fingerprint density at radius 1 is 0.861 bits per heavy atom. The number of carbonyl (C=O) groups is 1. The molecule has 0 spiro atoms. The molecule has 2 amide bonds. The molecule has 1 heterocycles. The lowest BCUT2D eigenvalue weighted by atomic mass is 9.91. The van der Waals surface area contributed by atoms with Crippen LogP contribution in [0.2, 0.25) is 0 Å². The van der Waals surface area contributed by atoms with Crippen LogP contribution < -0.4 is 20.9 Å². The fourth-order valence-electron chi connectivity index (χ4n) is 5.16. The number of para-hydroxylation sites is 1. The molecule has 1 aliphatic carbocycles. The largest absolute Gasteiger partial charge is 0.362 e. The van der Waals surface area contributed by atoms with E-state index in [4.69, 9.17) is 9.97 Å². The fraction of sp³-hybridized carbons (Fsp3) is 0.345. The summed E-state index contributed by atoms with van der Waals surface area (Å²) in [6, 6.07) is 22.9. The number of nitrogens with zero attached hydrogens (tertiary/aromatic N) is 3. The second-order valence-corrected chi connectivity index (χ2v) is 9.88. The summed E-state index contributed by atoms with van der Waals surface area (Å²) in [6.45, 7) is 2.04. The third-order valence-corrected chi connectivity index (χ3v) is 7.04. The van der Waals surface area contributed by atoms with Gasteiger partial charge in [0.25, 0.3) is 0 Å². The van der Waals surface area contributed by atoms with Gasteiger partial charge in [-0.05, 0) is 61.1 Å². The van der Waals surface area contributed by atoms with Crippen molar-refractivity contribution in [1.82, 2.24) is 20.6 Å². The minimum atomic E-state index is -0.111. The average molecular weight is 483 g/mol. The lowest BCUT2D eigenvalue weighted by Gasteiger charge is -2.30. The van der Waals surface area contributed by atoms with Crippen LogP contribution in [-0.4, -0.2) is 42.2 Å². The summed E-state index contributed by atoms with van der Waals surface area (Å²) in [7, 11) is 4.00. The van der Waals surface area contributed by atoms with Crippen molar-refractivity contribution < 1.29 is 4.79 Å². The molecule has 1 saturated carbocycles. The van der Waals surface area contributed by atoms with Crippen molar-refractivity contribution in [3.05, 3.63) is 72.3 Å². The maximum Gasteiger partial charge on any atom is 0.315 e. The average Bonchev–Trinajstić information content (AvgIpc) is 2.89. The van der Waals surface area contributed by atoms with Gasteiger partial charge in [-0.1, -0.05) is 54.6 Å². The van der Waals surface area contributed by atoms with E-state index in [9.17, 15) is 4.79 Å². The van der Waals surface area contributed by atoms with Crippen LogP contribution in [0, 0.1) is 0 Å². The van der Waals surface area contributed by atoms with Crippen LogP contribution in [0.1, 0.15) is 44.2 Å². The topological polar surface area (TPSA) is 82.2 Å². The van der Waals surface area contributed by atoms with Gasteiger partial charge in [0.2, 0.25) is 5.95 Å². The highest BCUT2D eigenvalue weighted by molar-refractivity contribution is 5.90. The first-order valence-corrected chi connectivity index (χ1v) is 12.7. The van der Waals surface area contributed by atoms with Crippen molar-refractivity contribution in [2.45, 2.75) is 50.7 Å². The molecule has 0 bridgehead atoms. The molecule has 0 radical (unpaired) electrons. The number of urea groups is 1. The molecule has 0 saturated heterocycles. The van der Waals surface area contributed by atoms with Gasteiger partial charge in [-0.15, -0.1) is 0 Å². The van der Waals surface area contributed by atoms with Gasteiger partial charge in [-0.25, -0.2) is 9.78 Å². The number of amides is 2. The van der Waals surface area contributed by atoms with Crippen LogP contribution in [0.3, 0.4) is 0 Å². The van der Waals surface area contributed by atoms with E-state index in [1.165, 1.54) is 10.8 Å². The lowest BCUT2D eigenvalue weighted by Crippen LogP contribution is -2.45. The summed E-state index contributed by atoms with van der Waals surface area (Å²) in [4.78, 5) is 24.3. The molecule has 5 rings (SSSR count). The normalized spacial score (nSPS) is 18.5. The number of rotatable bonds is 6. The maximum atomic E-state index is 12.8. The number of fused-ring (bicyclic) bond motifs is 2. The first-order chi connectivity index (χ1) is 17.5. The lowest BCUT2D eigenvalue weighted by molar-refractivity contribution is 0.229. The third-order valence-electron chi connectivity index (χ3n) is 7.04. The summed E-state index contributed by atoms with van der Waals surface area (Å²) >= 11 is 0. The van der Waals surface area contributed by atoms with Crippen LogP contribution in [0.4, 0.5) is 16.6 Å². The molecule has 186 valence electrons. The van der Waals surface area contributed by atoms with Gasteiger partial charge in [-0.3, -0.25) is 0 Å². The number of benzene rings is 3. The summed E-state index contributed by atoms with van der Waals surface area (Å²) in [5.41, 5.74) is 2.06. The second-order valence-electron chi connectivity index (χ2n) is 9.88. The molecule has 1 aromatic heterocycles. The summed E-state index contributed by atoms with van der Waals surface area (Å²) in [5, 5.41) is 13.3. The van der Waals surface area contributed by atoms with Gasteiger partial charge < -0.3 is 20.9 Å². The zero-order valence-corrected chi connectivity index (χ0v) is 21.2. The molecule has 3 aromatic carbocycles. The van der Waals surface area contributed by atoms with Crippen LogP contribution >= 0.6 is 0 Å². The third kappa shape index (κ3) is 5.20. The zero-order valence-electron chi connectivity index (χ0n) is 21.2. The second kappa shape index (κ2) is 10.4. The summed E-state index contributed by atoms with van der Waals surface area (Å²) in [6.07, 6.45) is 3.75. The highest BCUT2D eigenvalue weighted by Crippen LogP contribution is 2.27. The van der Waals surface area contributed by atoms with E-state index < -0.39 is 0 Å². The number of carbonyl (C=O) groups excluding carboxylic acids is 1. The molecule has 7 nitrogen and oxygen atoms in total. The predicted octanol–water partition coefficient (Wildman–Crippen LogP) is 5.63. The van der Waals surface area contributed by atoms with Gasteiger partial charge in [-0.2, -0.15) is 4.98 Å². The molecule has 1 fully saturated rings. The monoisotopic (exact) mass is 482 g/mol. The van der Waals surface area contributed by atoms with Crippen molar-refractivity contribution in [2.24, 2.45) is 0 Å². The number of aromatic nitrogens is 2. The zero-order chi connectivity index (χ0) is 25.1. The Labute approximate surface area is 212 Å². The highest BCUT2D eigenvalue weighted by atomic mass is 16.2. The van der Waals surface area contributed by atoms with Gasteiger partial charge in [0.15, 0.2) is 0 Å². The van der Waals surface area contributed by atoms with Gasteiger partial charge >= 0.3 is 6.03 Å². The number of anilines is 2. The van der Waals surface area contributed by atoms with Crippen molar-refractivity contribution in [2.75, 3.05) is 24.3 Å². The van der Waals surface area contributed by atoms with E-state index in [-0.39, 0.29) is 24.2 Å². The van der Waals surface area contributed by atoms with Crippen LogP contribution in [-0.2, 0) is 0 Å². The van der Waals surface area contributed by atoms with Crippen molar-refractivity contribution in [3.8, 4) is 0 Å². The molecule has 3 N–H and O–H groups in total. The molecule has 1 aliphatic rings. The van der Waals surface area contributed by atoms with Crippen LogP contribution in [0.25, 0.3) is 21.7 Å². The van der Waals surface area contributed by atoms with Gasteiger partial charge in [0.1, 0.15) is 5.82 Å². The van der Waals surface area contributed by atoms with Gasteiger partial charge in [0, 0.05) is 31.6 Å². The minimum absolute atomic E-state index is 0.0787. The predicted molar refractivity (Wildman–Crippen MR) is 148 cm³/mol. The molecular weight excluding hydrogens is 448 g/mol. The molecule has 7 heteroatoms. The van der Waals surface area contributed by atoms with E-state index in [2.05, 4.69) is 46.3 Å². The Hall–Kier alpha value is -3.87. The van der Waals surface area contributed by atoms with Crippen molar-refractivity contribution in [3.63, 3.8) is 0 Å². The Morgan fingerprint density at radius 3 is 2.31 bits per heavy atom. The maximum absolute atomic E-state index is 12.8. The molecule has 1 atom stereocenters. The van der Waals surface area contributed by atoms with E-state index in [1.807, 2.05) is 62.3 Å². The minimum Gasteiger partial charge on any atom is -0.362 e. The van der Waals surface area contributed by atoms with Crippen LogP contribution in [0.5, 0.6) is 0 Å². The molecular formula is C29H34N6O. The molecule has 36 heavy (non-hydrogen) atoms. The van der Waals surface area contributed by atoms with Crippen molar-refractivity contribution >= 4 is 39.5 Å². The smallest absolute Gasteiger partial charge is 0.315 e. The van der Waals surface area contributed by atoms with Gasteiger partial charge in [0.05, 0.1) is 11.6 Å². The standard InChI is InChI=1S/C29H34N6O/c1-19(23-13-8-10-20-9-4-5-11-24(20)23)30-29(36)32-22-17-15-21(16-18-22)31-28-33-26-14-7-6-12-25(26)27(34-28)35(2)3/h4-14,19,21-22H,15-18H2,1-3H3,(H2,30,32,36)(H,31,33,34). The Kier molecular flexibility index (Phi) is 6.89. The highest BCUT2D eigenvalue weighted by Gasteiger charge is 2.24. The van der Waals surface area contributed by atoms with E-state index in [1.54, 1.807) is 0 Å². The molecule has 4 aromatic rings.